The molecule has 2 aromatic heterocycles. The molecule has 19 heavy (non-hydrogen) atoms. The lowest BCUT2D eigenvalue weighted by molar-refractivity contribution is 0.182. The SMILES string of the molecule is CCN(Cc1cn2cccnc2n1)CC(C)(C)CN. The van der Waals surface area contributed by atoms with Crippen LogP contribution < -0.4 is 5.73 Å². The molecular formula is C14H23N5. The van der Waals surface area contributed by atoms with Crippen LogP contribution in [0.2, 0.25) is 0 Å². The molecule has 5 nitrogen and oxygen atoms in total. The first kappa shape index (κ1) is 14.0. The first-order valence-electron chi connectivity index (χ1n) is 6.75. The van der Waals surface area contributed by atoms with Crippen LogP contribution in [0.5, 0.6) is 0 Å². The molecule has 0 spiro atoms. The summed E-state index contributed by atoms with van der Waals surface area (Å²) in [7, 11) is 0. The highest BCUT2D eigenvalue weighted by atomic mass is 15.2. The second-order valence-electron chi connectivity index (χ2n) is 5.73. The number of rotatable bonds is 6. The summed E-state index contributed by atoms with van der Waals surface area (Å²) < 4.78 is 1.96. The number of nitrogens with two attached hydrogens (primary N) is 1. The quantitative estimate of drug-likeness (QED) is 0.857. The second-order valence-corrected chi connectivity index (χ2v) is 5.73. The van der Waals surface area contributed by atoms with Crippen LogP contribution in [-0.4, -0.2) is 38.9 Å². The normalized spacial score (nSPS) is 12.5. The Bertz CT molecular complexity index is 498. The van der Waals surface area contributed by atoms with Gasteiger partial charge in [-0.3, -0.25) is 9.30 Å². The summed E-state index contributed by atoms with van der Waals surface area (Å²) in [5, 5.41) is 0. The summed E-state index contributed by atoms with van der Waals surface area (Å²) in [6, 6.07) is 1.91. The Morgan fingerprint density at radius 3 is 2.84 bits per heavy atom. The van der Waals surface area contributed by atoms with Gasteiger partial charge < -0.3 is 5.73 Å². The molecule has 0 aliphatic heterocycles. The Morgan fingerprint density at radius 2 is 2.21 bits per heavy atom. The molecule has 0 saturated carbocycles. The van der Waals surface area contributed by atoms with E-state index < -0.39 is 0 Å². The van der Waals surface area contributed by atoms with Gasteiger partial charge in [0.05, 0.1) is 5.69 Å². The molecule has 0 aliphatic rings. The standard InChI is InChI=1S/C14H23N5/c1-4-18(11-14(2,3)10-15)8-12-9-19-7-5-6-16-13(19)17-12/h5-7,9H,4,8,10-11,15H2,1-3H3. The number of fused-ring (bicyclic) bond motifs is 1. The van der Waals surface area contributed by atoms with Crippen molar-refractivity contribution in [2.75, 3.05) is 19.6 Å². The second kappa shape index (κ2) is 5.67. The molecule has 2 heterocycles. The Hall–Kier alpha value is -1.46. The number of hydrogen-bond donors (Lipinski definition) is 1. The lowest BCUT2D eigenvalue weighted by Crippen LogP contribution is -2.38. The third-order valence-corrected chi connectivity index (χ3v) is 3.32. The van der Waals surface area contributed by atoms with Crippen molar-refractivity contribution in [1.82, 2.24) is 19.3 Å². The van der Waals surface area contributed by atoms with Gasteiger partial charge in [0.2, 0.25) is 5.78 Å². The fourth-order valence-corrected chi connectivity index (χ4v) is 2.13. The largest absolute Gasteiger partial charge is 0.330 e. The van der Waals surface area contributed by atoms with E-state index in [0.29, 0.717) is 6.54 Å². The van der Waals surface area contributed by atoms with Crippen LogP contribution in [0.4, 0.5) is 0 Å². The van der Waals surface area contributed by atoms with Crippen LogP contribution in [0.25, 0.3) is 5.78 Å². The molecule has 0 bridgehead atoms. The Kier molecular flexibility index (Phi) is 4.17. The van der Waals surface area contributed by atoms with Gasteiger partial charge in [0.15, 0.2) is 0 Å². The molecule has 104 valence electrons. The van der Waals surface area contributed by atoms with Gasteiger partial charge in [0, 0.05) is 31.7 Å². The monoisotopic (exact) mass is 261 g/mol. The lowest BCUT2D eigenvalue weighted by Gasteiger charge is -2.30. The van der Waals surface area contributed by atoms with E-state index in [1.54, 1.807) is 6.20 Å². The fourth-order valence-electron chi connectivity index (χ4n) is 2.13. The minimum Gasteiger partial charge on any atom is -0.330 e. The maximum Gasteiger partial charge on any atom is 0.233 e. The summed E-state index contributed by atoms with van der Waals surface area (Å²) in [4.78, 5) is 11.1. The lowest BCUT2D eigenvalue weighted by atomic mass is 9.93. The predicted molar refractivity (Wildman–Crippen MR) is 76.8 cm³/mol. The van der Waals surface area contributed by atoms with Crippen molar-refractivity contribution in [2.24, 2.45) is 11.1 Å². The Balaban J connectivity index is 2.09. The van der Waals surface area contributed by atoms with Crippen LogP contribution in [0, 0.1) is 5.41 Å². The number of aromatic nitrogens is 3. The van der Waals surface area contributed by atoms with Gasteiger partial charge in [-0.05, 0) is 24.6 Å². The van der Waals surface area contributed by atoms with Crippen LogP contribution in [0.1, 0.15) is 26.5 Å². The zero-order chi connectivity index (χ0) is 13.9. The van der Waals surface area contributed by atoms with E-state index >= 15 is 0 Å². The average molecular weight is 261 g/mol. The molecule has 5 heteroatoms. The van der Waals surface area contributed by atoms with E-state index in [1.165, 1.54) is 0 Å². The Morgan fingerprint density at radius 1 is 1.42 bits per heavy atom. The first-order chi connectivity index (χ1) is 9.04. The summed E-state index contributed by atoms with van der Waals surface area (Å²) in [6.07, 6.45) is 5.78. The fraction of sp³-hybridized carbons (Fsp3) is 0.571. The van der Waals surface area contributed by atoms with E-state index in [4.69, 9.17) is 5.73 Å². The maximum atomic E-state index is 5.81. The maximum absolute atomic E-state index is 5.81. The topological polar surface area (TPSA) is 59.5 Å². The summed E-state index contributed by atoms with van der Waals surface area (Å²) >= 11 is 0. The van der Waals surface area contributed by atoms with Gasteiger partial charge in [0.25, 0.3) is 0 Å². The molecule has 0 saturated heterocycles. The number of imidazole rings is 1. The smallest absolute Gasteiger partial charge is 0.233 e. The summed E-state index contributed by atoms with van der Waals surface area (Å²) in [5.74, 6) is 0.756. The van der Waals surface area contributed by atoms with E-state index in [2.05, 4.69) is 35.6 Å². The van der Waals surface area contributed by atoms with Crippen LogP contribution in [0.15, 0.2) is 24.7 Å². The molecule has 2 N–H and O–H groups in total. The van der Waals surface area contributed by atoms with E-state index in [9.17, 15) is 0 Å². The molecular weight excluding hydrogens is 238 g/mol. The third-order valence-electron chi connectivity index (χ3n) is 3.32. The van der Waals surface area contributed by atoms with Crippen LogP contribution in [0.3, 0.4) is 0 Å². The predicted octanol–water partition coefficient (Wildman–Crippen LogP) is 1.54. The van der Waals surface area contributed by atoms with Crippen molar-refractivity contribution >= 4 is 5.78 Å². The molecule has 0 fully saturated rings. The highest BCUT2D eigenvalue weighted by Crippen LogP contribution is 2.16. The average Bonchev–Trinajstić information content (AvgIpc) is 2.79. The van der Waals surface area contributed by atoms with E-state index in [1.807, 2.05) is 22.9 Å². The molecule has 0 amide bonds. The van der Waals surface area contributed by atoms with Gasteiger partial charge in [-0.15, -0.1) is 0 Å². The highest BCUT2D eigenvalue weighted by Gasteiger charge is 2.20. The van der Waals surface area contributed by atoms with Crippen molar-refractivity contribution in [3.05, 3.63) is 30.4 Å². The zero-order valence-corrected chi connectivity index (χ0v) is 12.0. The van der Waals surface area contributed by atoms with Crippen molar-refractivity contribution in [2.45, 2.75) is 27.3 Å². The van der Waals surface area contributed by atoms with E-state index in [0.717, 1.165) is 31.1 Å². The molecule has 0 aromatic carbocycles. The molecule has 0 aliphatic carbocycles. The van der Waals surface area contributed by atoms with Gasteiger partial charge in [-0.2, -0.15) is 0 Å². The van der Waals surface area contributed by atoms with Crippen LogP contribution >= 0.6 is 0 Å². The summed E-state index contributed by atoms with van der Waals surface area (Å²) in [5.41, 5.74) is 6.99. The van der Waals surface area contributed by atoms with Gasteiger partial charge in [-0.1, -0.05) is 20.8 Å². The van der Waals surface area contributed by atoms with Crippen LogP contribution in [-0.2, 0) is 6.54 Å². The minimum atomic E-state index is 0.132. The van der Waals surface area contributed by atoms with Crippen molar-refractivity contribution in [3.63, 3.8) is 0 Å². The Labute approximate surface area is 114 Å². The van der Waals surface area contributed by atoms with E-state index in [-0.39, 0.29) is 5.41 Å². The number of nitrogens with zero attached hydrogens (tertiary/aromatic N) is 4. The molecule has 0 unspecified atom stereocenters. The molecule has 0 radical (unpaired) electrons. The van der Waals surface area contributed by atoms with Gasteiger partial charge in [0.1, 0.15) is 0 Å². The summed E-state index contributed by atoms with van der Waals surface area (Å²) in [6.45, 7) is 10.0. The van der Waals surface area contributed by atoms with Crippen molar-refractivity contribution in [3.8, 4) is 0 Å². The molecule has 2 rings (SSSR count). The van der Waals surface area contributed by atoms with Crippen molar-refractivity contribution < 1.29 is 0 Å². The molecule has 0 atom stereocenters. The highest BCUT2D eigenvalue weighted by molar-refractivity contribution is 5.29. The minimum absolute atomic E-state index is 0.132. The molecule has 2 aromatic rings. The first-order valence-corrected chi connectivity index (χ1v) is 6.75. The van der Waals surface area contributed by atoms with Gasteiger partial charge in [-0.25, -0.2) is 9.97 Å². The number of hydrogen-bond acceptors (Lipinski definition) is 4. The van der Waals surface area contributed by atoms with Crippen molar-refractivity contribution in [1.29, 1.82) is 0 Å². The third kappa shape index (κ3) is 3.52. The van der Waals surface area contributed by atoms with Gasteiger partial charge >= 0.3 is 0 Å². The zero-order valence-electron chi connectivity index (χ0n) is 12.0.